The fourth-order valence-corrected chi connectivity index (χ4v) is 1.69. The standard InChI is InChI=1S/C17H26N4O6/c1-8-25-14(23)21(15(24)27-17(5,6)7)12(20-11-9-10-18-20)19-13(22)26-16(2,3)4/h9-11H,8H2,1-7H3. The minimum Gasteiger partial charge on any atom is -0.449 e. The summed E-state index contributed by atoms with van der Waals surface area (Å²) in [5, 5.41) is 3.93. The second kappa shape index (κ2) is 8.65. The molecular formula is C17H26N4O6. The summed E-state index contributed by atoms with van der Waals surface area (Å²) in [6.07, 6.45) is -0.350. The maximum absolute atomic E-state index is 12.6. The molecule has 1 aromatic heterocycles. The molecule has 3 amide bonds. The first kappa shape index (κ1) is 22.1. The predicted molar refractivity (Wildman–Crippen MR) is 96.4 cm³/mol. The molecule has 0 aromatic carbocycles. The monoisotopic (exact) mass is 382 g/mol. The highest BCUT2D eigenvalue weighted by molar-refractivity contribution is 6.10. The van der Waals surface area contributed by atoms with Crippen LogP contribution in [0, 0.1) is 0 Å². The molecule has 0 unspecified atom stereocenters. The lowest BCUT2D eigenvalue weighted by Crippen LogP contribution is -2.48. The zero-order chi connectivity index (χ0) is 20.8. The highest BCUT2D eigenvalue weighted by Crippen LogP contribution is 2.14. The van der Waals surface area contributed by atoms with Crippen LogP contribution >= 0.6 is 0 Å². The lowest BCUT2D eigenvalue weighted by molar-refractivity contribution is 0.0339. The normalized spacial score (nSPS) is 12.3. The van der Waals surface area contributed by atoms with Crippen LogP contribution in [0.2, 0.25) is 0 Å². The Balaban J connectivity index is 3.39. The molecule has 0 aliphatic carbocycles. The number of hydrogen-bond donors (Lipinski definition) is 0. The van der Waals surface area contributed by atoms with Gasteiger partial charge < -0.3 is 14.2 Å². The van der Waals surface area contributed by atoms with E-state index in [-0.39, 0.29) is 6.61 Å². The van der Waals surface area contributed by atoms with Crippen molar-refractivity contribution in [3.8, 4) is 0 Å². The fraction of sp³-hybridized carbons (Fsp3) is 0.588. The summed E-state index contributed by atoms with van der Waals surface area (Å²) >= 11 is 0. The van der Waals surface area contributed by atoms with E-state index >= 15 is 0 Å². The molecule has 0 radical (unpaired) electrons. The van der Waals surface area contributed by atoms with Gasteiger partial charge in [0.15, 0.2) is 0 Å². The Kier molecular flexibility index (Phi) is 7.09. The molecule has 1 rings (SSSR count). The quantitative estimate of drug-likeness (QED) is 0.415. The van der Waals surface area contributed by atoms with Crippen molar-refractivity contribution in [3.05, 3.63) is 18.5 Å². The molecule has 0 saturated heterocycles. The number of hydrogen-bond acceptors (Lipinski definition) is 7. The number of ether oxygens (including phenoxy) is 3. The van der Waals surface area contributed by atoms with Gasteiger partial charge in [-0.2, -0.15) is 5.10 Å². The number of imide groups is 1. The molecule has 27 heavy (non-hydrogen) atoms. The zero-order valence-electron chi connectivity index (χ0n) is 16.7. The summed E-state index contributed by atoms with van der Waals surface area (Å²) < 4.78 is 16.4. The minimum absolute atomic E-state index is 0.00302. The summed E-state index contributed by atoms with van der Waals surface area (Å²) in [4.78, 5) is 41.4. The third-order valence-corrected chi connectivity index (χ3v) is 2.52. The van der Waals surface area contributed by atoms with Crippen LogP contribution in [0.25, 0.3) is 0 Å². The third-order valence-electron chi connectivity index (χ3n) is 2.52. The minimum atomic E-state index is -1.07. The van der Waals surface area contributed by atoms with E-state index in [2.05, 4.69) is 10.1 Å². The number of aromatic nitrogens is 2. The fourth-order valence-electron chi connectivity index (χ4n) is 1.69. The van der Waals surface area contributed by atoms with Gasteiger partial charge in [0.25, 0.3) is 5.96 Å². The van der Waals surface area contributed by atoms with E-state index in [1.54, 1.807) is 48.5 Å². The van der Waals surface area contributed by atoms with Crippen molar-refractivity contribution in [2.45, 2.75) is 59.7 Å². The van der Waals surface area contributed by atoms with Crippen LogP contribution in [-0.2, 0) is 14.2 Å². The summed E-state index contributed by atoms with van der Waals surface area (Å²) in [7, 11) is 0. The first-order valence-electron chi connectivity index (χ1n) is 8.35. The van der Waals surface area contributed by atoms with E-state index in [9.17, 15) is 14.4 Å². The lowest BCUT2D eigenvalue weighted by Gasteiger charge is -2.26. The number of amides is 3. The topological polar surface area (TPSA) is 112 Å². The maximum atomic E-state index is 12.6. The Morgan fingerprint density at radius 1 is 1.04 bits per heavy atom. The van der Waals surface area contributed by atoms with E-state index in [1.807, 2.05) is 0 Å². The number of carbonyl (C=O) groups excluding carboxylic acids is 3. The van der Waals surface area contributed by atoms with Crippen LogP contribution in [0.4, 0.5) is 14.4 Å². The summed E-state index contributed by atoms with van der Waals surface area (Å²) in [5.74, 6) is -0.429. The number of aliphatic imine (C=N–C) groups is 1. The first-order chi connectivity index (χ1) is 12.3. The first-order valence-corrected chi connectivity index (χ1v) is 8.35. The van der Waals surface area contributed by atoms with Crippen molar-refractivity contribution >= 4 is 24.2 Å². The number of rotatable bonds is 1. The lowest BCUT2D eigenvalue weighted by atomic mass is 10.2. The molecule has 0 aliphatic rings. The summed E-state index contributed by atoms with van der Waals surface area (Å²) in [6.45, 7) is 11.4. The van der Waals surface area contributed by atoms with Crippen LogP contribution < -0.4 is 0 Å². The Morgan fingerprint density at radius 3 is 2.07 bits per heavy atom. The van der Waals surface area contributed by atoms with Crippen molar-refractivity contribution in [1.29, 1.82) is 0 Å². The van der Waals surface area contributed by atoms with Gasteiger partial charge in [-0.3, -0.25) is 0 Å². The van der Waals surface area contributed by atoms with Gasteiger partial charge in [-0.05, 0) is 54.5 Å². The van der Waals surface area contributed by atoms with Gasteiger partial charge in [-0.1, -0.05) is 0 Å². The van der Waals surface area contributed by atoms with Crippen molar-refractivity contribution < 1.29 is 28.6 Å². The molecule has 0 bridgehead atoms. The average molecular weight is 382 g/mol. The highest BCUT2D eigenvalue weighted by Gasteiger charge is 2.35. The zero-order valence-corrected chi connectivity index (χ0v) is 16.7. The third kappa shape index (κ3) is 7.47. The van der Waals surface area contributed by atoms with Crippen LogP contribution in [0.3, 0.4) is 0 Å². The van der Waals surface area contributed by atoms with Crippen molar-refractivity contribution in [3.63, 3.8) is 0 Å². The molecule has 150 valence electrons. The highest BCUT2D eigenvalue weighted by atomic mass is 16.6. The van der Waals surface area contributed by atoms with E-state index < -0.39 is 35.4 Å². The van der Waals surface area contributed by atoms with Crippen molar-refractivity contribution in [2.75, 3.05) is 6.61 Å². The van der Waals surface area contributed by atoms with E-state index in [0.717, 1.165) is 4.68 Å². The molecule has 0 saturated carbocycles. The number of carbonyl (C=O) groups is 3. The maximum Gasteiger partial charge on any atom is 0.437 e. The second-order valence-electron chi connectivity index (χ2n) is 7.36. The number of nitrogens with zero attached hydrogens (tertiary/aromatic N) is 4. The van der Waals surface area contributed by atoms with Crippen LogP contribution in [0.1, 0.15) is 48.5 Å². The van der Waals surface area contributed by atoms with Crippen molar-refractivity contribution in [1.82, 2.24) is 14.7 Å². The SMILES string of the molecule is CCOC(=O)N(C(=O)OC(C)(C)C)C(=NC(=O)OC(C)(C)C)n1cccn1. The molecule has 10 heteroatoms. The molecule has 1 aromatic rings. The van der Waals surface area contributed by atoms with Gasteiger partial charge in [0.05, 0.1) is 6.61 Å². The van der Waals surface area contributed by atoms with Gasteiger partial charge in [0.2, 0.25) is 0 Å². The molecule has 0 spiro atoms. The van der Waals surface area contributed by atoms with Gasteiger partial charge >= 0.3 is 18.3 Å². The average Bonchev–Trinajstić information content (AvgIpc) is 2.96. The predicted octanol–water partition coefficient (Wildman–Crippen LogP) is 3.42. The molecule has 0 aliphatic heterocycles. The Hall–Kier alpha value is -2.91. The van der Waals surface area contributed by atoms with E-state index in [0.29, 0.717) is 4.90 Å². The molecule has 0 N–H and O–H groups in total. The van der Waals surface area contributed by atoms with Gasteiger partial charge in [-0.25, -0.2) is 19.1 Å². The van der Waals surface area contributed by atoms with Crippen LogP contribution in [-0.4, -0.2) is 56.7 Å². The van der Waals surface area contributed by atoms with Gasteiger partial charge in [-0.15, -0.1) is 9.89 Å². The molecular weight excluding hydrogens is 356 g/mol. The Labute approximate surface area is 158 Å². The van der Waals surface area contributed by atoms with Gasteiger partial charge in [0, 0.05) is 12.4 Å². The molecule has 10 nitrogen and oxygen atoms in total. The summed E-state index contributed by atoms with van der Waals surface area (Å²) in [5.41, 5.74) is -1.72. The Bertz CT molecular complexity index is 698. The largest absolute Gasteiger partial charge is 0.449 e. The molecule has 1 heterocycles. The summed E-state index contributed by atoms with van der Waals surface area (Å²) in [6, 6.07) is 1.53. The van der Waals surface area contributed by atoms with Crippen LogP contribution in [0.5, 0.6) is 0 Å². The van der Waals surface area contributed by atoms with Crippen LogP contribution in [0.15, 0.2) is 23.5 Å². The van der Waals surface area contributed by atoms with Crippen molar-refractivity contribution in [2.24, 2.45) is 4.99 Å². The molecule has 0 fully saturated rings. The van der Waals surface area contributed by atoms with E-state index in [1.165, 1.54) is 18.5 Å². The molecule has 0 atom stereocenters. The Morgan fingerprint density at radius 2 is 1.63 bits per heavy atom. The van der Waals surface area contributed by atoms with Gasteiger partial charge in [0.1, 0.15) is 11.2 Å². The smallest absolute Gasteiger partial charge is 0.437 e. The second-order valence-corrected chi connectivity index (χ2v) is 7.36. The van der Waals surface area contributed by atoms with E-state index in [4.69, 9.17) is 14.2 Å².